The van der Waals surface area contributed by atoms with Crippen molar-refractivity contribution in [2.75, 3.05) is 17.6 Å². The molecule has 2 rings (SSSR count). The van der Waals surface area contributed by atoms with Crippen molar-refractivity contribution >= 4 is 11.6 Å². The summed E-state index contributed by atoms with van der Waals surface area (Å²) in [7, 11) is 0. The fourth-order valence-corrected chi connectivity index (χ4v) is 2.06. The first-order valence-corrected chi connectivity index (χ1v) is 6.78. The van der Waals surface area contributed by atoms with Crippen molar-refractivity contribution in [2.24, 2.45) is 0 Å². The molecule has 1 aromatic carbocycles. The maximum atomic E-state index is 10.1. The number of nitrogens with zero attached hydrogens (tertiary/aromatic N) is 2. The highest BCUT2D eigenvalue weighted by molar-refractivity contribution is 5.55. The van der Waals surface area contributed by atoms with E-state index in [2.05, 4.69) is 22.2 Å². The number of aliphatic hydroxyl groups excluding tert-OH is 1. The molecule has 1 unspecified atom stereocenters. The molecule has 0 aliphatic carbocycles. The lowest BCUT2D eigenvalue weighted by molar-refractivity contribution is 0.191. The first-order valence-electron chi connectivity index (χ1n) is 6.78. The highest BCUT2D eigenvalue weighted by Gasteiger charge is 2.11. The fraction of sp³-hybridized carbons (Fsp3) is 0.333. The second-order valence-corrected chi connectivity index (χ2v) is 4.64. The highest BCUT2D eigenvalue weighted by Crippen LogP contribution is 2.20. The molecule has 0 bridgehead atoms. The third kappa shape index (κ3) is 3.45. The summed E-state index contributed by atoms with van der Waals surface area (Å²) in [6.07, 6.45) is 2.64. The molecule has 0 aliphatic heterocycles. The summed E-state index contributed by atoms with van der Waals surface area (Å²) in [5, 5.41) is 13.3. The molecule has 1 aromatic heterocycles. The molecule has 106 valence electrons. The van der Waals surface area contributed by atoms with Crippen molar-refractivity contribution < 1.29 is 5.11 Å². The van der Waals surface area contributed by atoms with Crippen LogP contribution in [0.1, 0.15) is 30.6 Å². The molecule has 0 saturated heterocycles. The standard InChI is InChI=1S/C15H20N4O/c1-2-6-12-14(16)18-10-19-15(12)17-9-13(20)11-7-4-3-5-8-11/h3-5,7-8,10,13,20H,2,6,9H2,1H3,(H3,16,17,18,19). The van der Waals surface area contributed by atoms with E-state index < -0.39 is 6.10 Å². The lowest BCUT2D eigenvalue weighted by atomic mass is 10.1. The fourth-order valence-electron chi connectivity index (χ4n) is 2.06. The Labute approximate surface area is 118 Å². The zero-order valence-corrected chi connectivity index (χ0v) is 11.6. The van der Waals surface area contributed by atoms with Crippen LogP contribution in [0, 0.1) is 0 Å². The Bertz CT molecular complexity index is 545. The van der Waals surface area contributed by atoms with Crippen LogP contribution in [0.5, 0.6) is 0 Å². The number of anilines is 2. The van der Waals surface area contributed by atoms with Crippen molar-refractivity contribution in [3.8, 4) is 0 Å². The minimum absolute atomic E-state index is 0.386. The van der Waals surface area contributed by atoms with E-state index in [1.807, 2.05) is 30.3 Å². The van der Waals surface area contributed by atoms with Crippen molar-refractivity contribution in [3.05, 3.63) is 47.8 Å². The van der Waals surface area contributed by atoms with E-state index in [0.717, 1.165) is 24.0 Å². The van der Waals surface area contributed by atoms with Gasteiger partial charge in [-0.05, 0) is 12.0 Å². The van der Waals surface area contributed by atoms with Crippen LogP contribution in [0.3, 0.4) is 0 Å². The van der Waals surface area contributed by atoms with Crippen LogP contribution < -0.4 is 11.1 Å². The topological polar surface area (TPSA) is 84.1 Å². The van der Waals surface area contributed by atoms with Crippen LogP contribution >= 0.6 is 0 Å². The summed E-state index contributed by atoms with van der Waals surface area (Å²) in [5.74, 6) is 1.20. The van der Waals surface area contributed by atoms with E-state index in [4.69, 9.17) is 5.73 Å². The van der Waals surface area contributed by atoms with E-state index in [-0.39, 0.29) is 0 Å². The molecule has 0 aliphatic rings. The Kier molecular flexibility index (Phi) is 4.90. The number of aliphatic hydroxyl groups is 1. The first-order chi connectivity index (χ1) is 9.72. The minimum Gasteiger partial charge on any atom is -0.387 e. The van der Waals surface area contributed by atoms with Gasteiger partial charge < -0.3 is 16.2 Å². The summed E-state index contributed by atoms with van der Waals surface area (Å²) in [4.78, 5) is 8.22. The van der Waals surface area contributed by atoms with Crippen LogP contribution in [0.2, 0.25) is 0 Å². The number of nitrogens with one attached hydrogen (secondary N) is 1. The summed E-state index contributed by atoms with van der Waals surface area (Å²) in [6, 6.07) is 9.53. The molecule has 2 aromatic rings. The Hall–Kier alpha value is -2.14. The number of hydrogen-bond donors (Lipinski definition) is 3. The van der Waals surface area contributed by atoms with E-state index in [1.165, 1.54) is 6.33 Å². The van der Waals surface area contributed by atoms with Gasteiger partial charge in [0.1, 0.15) is 18.0 Å². The summed E-state index contributed by atoms with van der Waals surface area (Å²) in [6.45, 7) is 2.46. The molecular formula is C15H20N4O. The van der Waals surface area contributed by atoms with E-state index in [9.17, 15) is 5.11 Å². The van der Waals surface area contributed by atoms with Gasteiger partial charge in [-0.3, -0.25) is 0 Å². The van der Waals surface area contributed by atoms with Gasteiger partial charge in [0.05, 0.1) is 6.10 Å². The summed E-state index contributed by atoms with van der Waals surface area (Å²) < 4.78 is 0. The predicted octanol–water partition coefficient (Wildman–Crippen LogP) is 2.16. The Morgan fingerprint density at radius 2 is 2.00 bits per heavy atom. The second kappa shape index (κ2) is 6.86. The van der Waals surface area contributed by atoms with Gasteiger partial charge in [-0.15, -0.1) is 0 Å². The van der Waals surface area contributed by atoms with Gasteiger partial charge in [0.15, 0.2) is 0 Å². The summed E-state index contributed by atoms with van der Waals surface area (Å²) in [5.41, 5.74) is 7.66. The zero-order valence-electron chi connectivity index (χ0n) is 11.6. The Morgan fingerprint density at radius 1 is 1.25 bits per heavy atom. The molecule has 1 atom stereocenters. The van der Waals surface area contributed by atoms with Crippen molar-refractivity contribution in [2.45, 2.75) is 25.9 Å². The van der Waals surface area contributed by atoms with Crippen molar-refractivity contribution in [3.63, 3.8) is 0 Å². The van der Waals surface area contributed by atoms with E-state index >= 15 is 0 Å². The maximum absolute atomic E-state index is 10.1. The molecule has 0 amide bonds. The minimum atomic E-state index is -0.582. The molecule has 1 heterocycles. The van der Waals surface area contributed by atoms with Gasteiger partial charge in [-0.2, -0.15) is 0 Å². The number of nitrogens with two attached hydrogens (primary N) is 1. The van der Waals surface area contributed by atoms with E-state index in [1.54, 1.807) is 0 Å². The SMILES string of the molecule is CCCc1c(N)ncnc1NCC(O)c1ccccc1. The Balaban J connectivity index is 2.06. The van der Waals surface area contributed by atoms with Crippen LogP contribution in [-0.2, 0) is 6.42 Å². The third-order valence-corrected chi connectivity index (χ3v) is 3.13. The normalized spacial score (nSPS) is 12.1. The molecule has 0 spiro atoms. The summed E-state index contributed by atoms with van der Waals surface area (Å²) >= 11 is 0. The lowest BCUT2D eigenvalue weighted by Crippen LogP contribution is -2.15. The number of aromatic nitrogens is 2. The second-order valence-electron chi connectivity index (χ2n) is 4.64. The van der Waals surface area contributed by atoms with Crippen LogP contribution in [0.4, 0.5) is 11.6 Å². The number of benzene rings is 1. The molecule has 20 heavy (non-hydrogen) atoms. The lowest BCUT2D eigenvalue weighted by Gasteiger charge is -2.15. The van der Waals surface area contributed by atoms with Crippen LogP contribution in [-0.4, -0.2) is 21.6 Å². The largest absolute Gasteiger partial charge is 0.387 e. The van der Waals surface area contributed by atoms with Gasteiger partial charge in [-0.25, -0.2) is 9.97 Å². The smallest absolute Gasteiger partial charge is 0.134 e. The third-order valence-electron chi connectivity index (χ3n) is 3.13. The number of nitrogen functional groups attached to an aromatic ring is 1. The average Bonchev–Trinajstić information content (AvgIpc) is 2.48. The molecule has 0 fully saturated rings. The number of rotatable bonds is 6. The quantitative estimate of drug-likeness (QED) is 0.750. The Morgan fingerprint density at radius 3 is 2.70 bits per heavy atom. The van der Waals surface area contributed by atoms with Gasteiger partial charge in [0.25, 0.3) is 0 Å². The predicted molar refractivity (Wildman–Crippen MR) is 80.3 cm³/mol. The van der Waals surface area contributed by atoms with Crippen LogP contribution in [0.15, 0.2) is 36.7 Å². The monoisotopic (exact) mass is 272 g/mol. The highest BCUT2D eigenvalue weighted by atomic mass is 16.3. The molecule has 0 saturated carbocycles. The van der Waals surface area contributed by atoms with E-state index in [0.29, 0.717) is 18.2 Å². The van der Waals surface area contributed by atoms with Gasteiger partial charge in [0.2, 0.25) is 0 Å². The molecule has 5 heteroatoms. The van der Waals surface area contributed by atoms with Crippen LogP contribution in [0.25, 0.3) is 0 Å². The van der Waals surface area contributed by atoms with Gasteiger partial charge >= 0.3 is 0 Å². The van der Waals surface area contributed by atoms with Crippen molar-refractivity contribution in [1.82, 2.24) is 9.97 Å². The molecule has 4 N–H and O–H groups in total. The molecule has 0 radical (unpaired) electrons. The zero-order chi connectivity index (χ0) is 14.4. The van der Waals surface area contributed by atoms with Gasteiger partial charge in [-0.1, -0.05) is 43.7 Å². The average molecular weight is 272 g/mol. The van der Waals surface area contributed by atoms with Crippen molar-refractivity contribution in [1.29, 1.82) is 0 Å². The van der Waals surface area contributed by atoms with Gasteiger partial charge in [0, 0.05) is 12.1 Å². The molecular weight excluding hydrogens is 252 g/mol. The molecule has 5 nitrogen and oxygen atoms in total. The number of hydrogen-bond acceptors (Lipinski definition) is 5. The first kappa shape index (κ1) is 14.3. The maximum Gasteiger partial charge on any atom is 0.134 e.